The molecule has 5 heterocycles. The first-order valence-electron chi connectivity index (χ1n) is 28.4. The number of aliphatic hydroxyl groups is 10. The van der Waals surface area contributed by atoms with Crippen LogP contribution in [0, 0.1) is 45.3 Å². The second-order valence-electron chi connectivity index (χ2n) is 25.9. The van der Waals surface area contributed by atoms with Crippen LogP contribution < -0.4 is 29.6 Å². The number of rotatable bonds is 17. The molecule has 0 bridgehead atoms. The van der Waals surface area contributed by atoms with Gasteiger partial charge in [0.2, 0.25) is 10.4 Å². The van der Waals surface area contributed by atoms with Crippen molar-refractivity contribution in [2.75, 3.05) is 26.9 Å². The predicted octanol–water partition coefficient (Wildman–Crippen LogP) is -3.85. The third-order valence-corrected chi connectivity index (χ3v) is 21.1. The van der Waals surface area contributed by atoms with Gasteiger partial charge in [-0.15, -0.1) is 0 Å². The number of fused-ring (bicyclic) bond motifs is 4. The Morgan fingerprint density at radius 2 is 1.30 bits per heavy atom. The summed E-state index contributed by atoms with van der Waals surface area (Å²) >= 11 is 0. The molecule has 0 amide bonds. The van der Waals surface area contributed by atoms with E-state index >= 15 is 0 Å². The quantitative estimate of drug-likeness (QED) is 0.0166. The van der Waals surface area contributed by atoms with E-state index in [9.17, 15) is 68.8 Å². The molecule has 81 heavy (non-hydrogen) atoms. The third kappa shape index (κ3) is 11.5. The first-order valence-corrected chi connectivity index (χ1v) is 29.8. The van der Waals surface area contributed by atoms with Crippen molar-refractivity contribution in [1.82, 2.24) is 0 Å². The first-order chi connectivity index (χ1) is 37.4. The van der Waals surface area contributed by atoms with Gasteiger partial charge in [0.1, 0.15) is 96.5 Å². The van der Waals surface area contributed by atoms with Crippen molar-refractivity contribution in [2.45, 2.75) is 248 Å². The van der Waals surface area contributed by atoms with Crippen LogP contribution in [0.4, 0.5) is 0 Å². The molecule has 460 valence electrons. The van der Waals surface area contributed by atoms with Gasteiger partial charge in [-0.05, 0) is 99.2 Å². The van der Waals surface area contributed by atoms with Gasteiger partial charge in [-0.1, -0.05) is 59.6 Å². The molecule has 8 fully saturated rings. The topological polar surface area (TPSA) is 378 Å². The van der Waals surface area contributed by atoms with Crippen molar-refractivity contribution in [3.63, 3.8) is 0 Å². The normalized spacial score (nSPS) is 50.6. The van der Waals surface area contributed by atoms with Crippen molar-refractivity contribution in [3.8, 4) is 0 Å². The zero-order valence-electron chi connectivity index (χ0n) is 48.0. The number of cyclic esters (lactones) is 1. The molecule has 5 aliphatic heterocycles. The molecular weight excluding hydrogens is 1100 g/mol. The Kier molecular flexibility index (Phi) is 20.2. The van der Waals surface area contributed by atoms with Gasteiger partial charge in [0, 0.05) is 13.0 Å². The number of carbonyl (C=O) groups is 1. The van der Waals surface area contributed by atoms with Crippen LogP contribution >= 0.6 is 0 Å². The summed E-state index contributed by atoms with van der Waals surface area (Å²) < 4.78 is 99.9. The van der Waals surface area contributed by atoms with Crippen molar-refractivity contribution in [1.29, 1.82) is 0 Å². The molecule has 3 unspecified atom stereocenters. The van der Waals surface area contributed by atoms with Crippen LogP contribution in [-0.2, 0) is 66.7 Å². The number of allylic oxidation sites excluding steroid dienone is 1. The molecule has 28 atom stereocenters. The molecule has 9 rings (SSSR count). The first kappa shape index (κ1) is 66.3. The molecule has 0 aromatic heterocycles. The van der Waals surface area contributed by atoms with Crippen molar-refractivity contribution >= 4 is 16.4 Å². The molecule has 0 aromatic rings. The van der Waals surface area contributed by atoms with Crippen molar-refractivity contribution in [3.05, 3.63) is 11.6 Å². The maximum absolute atomic E-state index is 14.4. The minimum atomic E-state index is -5.42. The number of aliphatic hydroxyl groups excluding tert-OH is 10. The van der Waals surface area contributed by atoms with E-state index in [4.69, 9.17) is 47.4 Å². The van der Waals surface area contributed by atoms with Gasteiger partial charge < -0.3 is 103 Å². The van der Waals surface area contributed by atoms with Crippen LogP contribution in [0.15, 0.2) is 11.6 Å². The molecule has 0 radical (unpaired) electrons. The van der Waals surface area contributed by atoms with Crippen LogP contribution in [-0.4, -0.2) is 231 Å². The van der Waals surface area contributed by atoms with E-state index in [1.54, 1.807) is 0 Å². The number of hydrogen-bond donors (Lipinski definition) is 10. The summed E-state index contributed by atoms with van der Waals surface area (Å²) in [5.74, 6) is 0.0200. The summed E-state index contributed by atoms with van der Waals surface area (Å²) in [5.41, 5.74) is -2.29. The summed E-state index contributed by atoms with van der Waals surface area (Å²) in [6, 6.07) is 0. The van der Waals surface area contributed by atoms with Gasteiger partial charge in [0.15, 0.2) is 25.2 Å². The average molecular weight is 1190 g/mol. The molecule has 27 heteroatoms. The molecule has 3 saturated carbocycles. The van der Waals surface area contributed by atoms with Crippen LogP contribution in [0.1, 0.15) is 113 Å². The molecular formula is C54H87NaO25S. The molecule has 9 aliphatic rings. The van der Waals surface area contributed by atoms with Gasteiger partial charge in [-0.25, -0.2) is 8.42 Å². The number of methoxy groups -OCH3 is 1. The average Bonchev–Trinajstić information content (AvgIpc) is 2.10. The van der Waals surface area contributed by atoms with Crippen LogP contribution in [0.25, 0.3) is 0 Å². The maximum atomic E-state index is 14.4. The van der Waals surface area contributed by atoms with Gasteiger partial charge >= 0.3 is 35.5 Å². The van der Waals surface area contributed by atoms with E-state index in [1.807, 2.05) is 13.0 Å². The van der Waals surface area contributed by atoms with Crippen molar-refractivity contribution < 1.29 is 150 Å². The second-order valence-corrected chi connectivity index (χ2v) is 26.9. The molecule has 0 aromatic carbocycles. The van der Waals surface area contributed by atoms with E-state index in [-0.39, 0.29) is 53.3 Å². The molecule has 4 aliphatic carbocycles. The Morgan fingerprint density at radius 1 is 0.704 bits per heavy atom. The van der Waals surface area contributed by atoms with Crippen LogP contribution in [0.5, 0.6) is 0 Å². The largest absolute Gasteiger partial charge is 1.00 e. The molecule has 5 saturated heterocycles. The Balaban J connectivity index is 0.00000860. The van der Waals surface area contributed by atoms with E-state index in [2.05, 4.69) is 45.7 Å². The van der Waals surface area contributed by atoms with Crippen molar-refractivity contribution in [2.24, 2.45) is 45.3 Å². The number of esters is 1. The summed E-state index contributed by atoms with van der Waals surface area (Å²) in [6.45, 7) is 14.1. The number of carbonyl (C=O) groups excluding carboxylic acids is 1. The zero-order chi connectivity index (χ0) is 58.6. The fourth-order valence-electron chi connectivity index (χ4n) is 16.4. The molecule has 25 nitrogen and oxygen atoms in total. The molecule has 1 spiro atoms. The molecule has 10 N–H and O–H groups in total. The van der Waals surface area contributed by atoms with E-state index in [0.717, 1.165) is 50.5 Å². The Morgan fingerprint density at radius 3 is 1.90 bits per heavy atom. The second kappa shape index (κ2) is 24.7. The van der Waals surface area contributed by atoms with E-state index in [1.165, 1.54) is 14.0 Å². The SMILES string of the molecule is CO[C@@H]1[C@@H](O)[C@H](O[C@@H]2[C@@H](O)[C@H](O[C@H]3[C@H](O)[C@@H](O)[C@H](O[C@H]4[C@H](O[C@H]5CC[C@]6(C)C7=C[C@H](O)C89C(=O)O[C@@](C)(CCCC(C)C)[C@H]8CC[C@@]9(C)C7CCC6C5(C)C)OC[C@@H](OS(=O)(=O)[O-])[C@@H]4O)O[C@@H]3C)O[C@H](CO)[C@H]2O)O[C@H](CO)[C@H]1O.[Na+]. The summed E-state index contributed by atoms with van der Waals surface area (Å²) in [4.78, 5) is 14.4. The summed E-state index contributed by atoms with van der Waals surface area (Å²) in [5, 5.41) is 112. The van der Waals surface area contributed by atoms with Gasteiger partial charge in [0.25, 0.3) is 0 Å². The third-order valence-electron chi connectivity index (χ3n) is 20.6. The summed E-state index contributed by atoms with van der Waals surface area (Å²) in [6.07, 6.45) is -25.2. The van der Waals surface area contributed by atoms with Gasteiger partial charge in [0.05, 0.1) is 38.1 Å². The van der Waals surface area contributed by atoms with Crippen LogP contribution in [0.2, 0.25) is 0 Å². The Labute approximate surface area is 495 Å². The fraction of sp³-hybridized carbons (Fsp3) is 0.944. The Hall–Kier alpha value is -0.680. The minimum absolute atomic E-state index is 0. The van der Waals surface area contributed by atoms with Crippen LogP contribution in [0.3, 0.4) is 0 Å². The maximum Gasteiger partial charge on any atom is 1.00 e. The predicted molar refractivity (Wildman–Crippen MR) is 270 cm³/mol. The number of ether oxygens (including phenoxy) is 10. The van der Waals surface area contributed by atoms with E-state index in [0.29, 0.717) is 18.8 Å². The monoisotopic (exact) mass is 1190 g/mol. The van der Waals surface area contributed by atoms with E-state index < -0.39 is 186 Å². The zero-order valence-corrected chi connectivity index (χ0v) is 50.8. The Bertz CT molecular complexity index is 2340. The van der Waals surface area contributed by atoms with Gasteiger partial charge in [-0.3, -0.25) is 8.98 Å². The smallest absolute Gasteiger partial charge is 0.726 e. The summed E-state index contributed by atoms with van der Waals surface area (Å²) in [7, 11) is -4.24. The standard InChI is InChI=1S/C54H88O25S.Na/c1-23(2)11-10-16-53(8)31-14-18-52(7)25-12-13-30-50(4,5)33(15-17-51(30,6)26(25)19-32(57)54(31,52)49(65)78-53)74-48-44(36(60)29(22-70-48)79-80(66,67)68)77-45-38(62)37(61)41(24(3)71-45)75-47-40(64)43(35(59)28(21-56)73-47)76-46-39(63)42(69-9)34(58)27(20-55)72-46;/h19,23-25,27-48,55-64H,10-18,20-22H2,1-9H3,(H,66,67,68);/q;+1/p-1/t24-,25?,27-,28-,29-,30?,31-,32+,33+,34-,35-,36+,37-,38-,39-,40-,41-,42+,43+,44-,45+,46+,47+,48+,51-,52+,53+,54?;/m1./s1. The number of hydrogen-bond acceptors (Lipinski definition) is 25. The van der Waals surface area contributed by atoms with Gasteiger partial charge in [-0.2, -0.15) is 0 Å². The fourth-order valence-corrected chi connectivity index (χ4v) is 16.9. The minimum Gasteiger partial charge on any atom is -0.726 e.